The number of hydrogen-bond donors (Lipinski definition) is 1. The zero-order valence-corrected chi connectivity index (χ0v) is 31.5. The largest absolute Gasteiger partial charge is 0.475 e. The Balaban J connectivity index is 1.53. The molecule has 12 heteroatoms. The molecule has 2 heterocycles. The van der Waals surface area contributed by atoms with E-state index in [-0.39, 0.29) is 76.5 Å². The zero-order valence-electron chi connectivity index (χ0n) is 30.7. The van der Waals surface area contributed by atoms with Gasteiger partial charge in [0.1, 0.15) is 6.61 Å². The number of ether oxygens (including phenoxy) is 2. The van der Waals surface area contributed by atoms with E-state index in [0.29, 0.717) is 18.5 Å². The molecule has 2 atom stereocenters. The van der Waals surface area contributed by atoms with Gasteiger partial charge in [0.25, 0.3) is 15.9 Å². The minimum Gasteiger partial charge on any atom is -0.475 e. The second-order valence-electron chi connectivity index (χ2n) is 15.1. The van der Waals surface area contributed by atoms with E-state index in [0.717, 1.165) is 29.5 Å². The molecule has 1 fully saturated rings. The first kappa shape index (κ1) is 37.1. The first-order valence-electron chi connectivity index (χ1n) is 17.4. The maximum Gasteiger partial charge on any atom is 0.410 e. The van der Waals surface area contributed by atoms with E-state index in [9.17, 15) is 18.0 Å². The molecule has 11 nitrogen and oxygen atoms in total. The number of nitrogens with one attached hydrogen (secondary N) is 1. The van der Waals surface area contributed by atoms with E-state index in [2.05, 4.69) is 35.5 Å². The lowest BCUT2D eigenvalue weighted by atomic mass is 9.63. The van der Waals surface area contributed by atoms with E-state index < -0.39 is 10.0 Å². The normalized spacial score (nSPS) is 22.3. The molecule has 0 unspecified atom stereocenters. The molecule has 2 aromatic carbocycles. The number of fused-ring (bicyclic) bond motifs is 4. The average molecular weight is 706 g/mol. The van der Waals surface area contributed by atoms with Crippen LogP contribution >= 0.6 is 0 Å². The highest BCUT2D eigenvalue weighted by molar-refractivity contribution is 7.92. The second-order valence-corrected chi connectivity index (χ2v) is 16.8. The fourth-order valence-corrected chi connectivity index (χ4v) is 8.48. The lowest BCUT2D eigenvalue weighted by molar-refractivity contribution is -0.0126. The van der Waals surface area contributed by atoms with Crippen molar-refractivity contribution in [2.75, 3.05) is 18.4 Å². The SMILES string of the molecule is Cc1cccc(C)c1-c1cc2nc(n1)NS(=O)(=O)c1cccc(c1)C(=O)N([C@@H](C)C[C@]1(C)C[C@@H](N(C)C(=O)OC(C)C)C1)[C@H](CC(C)C)CO2. The Morgan fingerprint density at radius 2 is 1.72 bits per heavy atom. The summed E-state index contributed by atoms with van der Waals surface area (Å²) in [4.78, 5) is 39.7. The van der Waals surface area contributed by atoms with Crippen LogP contribution in [0.3, 0.4) is 0 Å². The van der Waals surface area contributed by atoms with Crippen LogP contribution in [0.2, 0.25) is 0 Å². The third-order valence-electron chi connectivity index (χ3n) is 9.74. The molecular weight excluding hydrogens is 655 g/mol. The molecule has 4 bridgehead atoms. The smallest absolute Gasteiger partial charge is 0.410 e. The minimum atomic E-state index is -4.17. The van der Waals surface area contributed by atoms with Gasteiger partial charge in [0.05, 0.1) is 22.7 Å². The predicted octanol–water partition coefficient (Wildman–Crippen LogP) is 7.23. The molecule has 5 rings (SSSR count). The fraction of sp³-hybridized carbons (Fsp3) is 0.526. The van der Waals surface area contributed by atoms with Gasteiger partial charge in [-0.3, -0.25) is 4.79 Å². The third-order valence-corrected chi connectivity index (χ3v) is 11.1. The molecule has 50 heavy (non-hydrogen) atoms. The van der Waals surface area contributed by atoms with Crippen LogP contribution in [0, 0.1) is 25.2 Å². The highest BCUT2D eigenvalue weighted by Crippen LogP contribution is 2.47. The summed E-state index contributed by atoms with van der Waals surface area (Å²) in [5, 5.41) is 0. The molecule has 1 aliphatic heterocycles. The number of aryl methyl sites for hydroxylation is 2. The van der Waals surface area contributed by atoms with Gasteiger partial charge in [-0.15, -0.1) is 0 Å². The maximum absolute atomic E-state index is 14.6. The molecule has 2 aliphatic rings. The average Bonchev–Trinajstić information content (AvgIpc) is 3.01. The number of hydrogen-bond acceptors (Lipinski definition) is 8. The van der Waals surface area contributed by atoms with Crippen LogP contribution in [0.5, 0.6) is 5.88 Å². The summed E-state index contributed by atoms with van der Waals surface area (Å²) in [5.41, 5.74) is 3.50. The third kappa shape index (κ3) is 8.22. The Morgan fingerprint density at radius 1 is 1.06 bits per heavy atom. The van der Waals surface area contributed by atoms with Crippen molar-refractivity contribution in [2.45, 2.75) is 110 Å². The standard InChI is InChI=1S/C38H51N5O6S/c1-23(2)16-29-22-48-33-18-32(34-25(5)12-10-13-26(34)6)39-36(40-33)41-50(46,47)31-15-11-14-28(17-31)35(44)43(29)27(7)19-38(8)20-30(21-38)42(9)37(45)49-24(3)4/h10-15,17-18,23-24,27,29-30H,16,19-22H2,1-9H3,(H,39,40,41)/t27-,29+,30-,38-/m0/s1. The van der Waals surface area contributed by atoms with Crippen LogP contribution in [-0.4, -0.2) is 78.1 Å². The van der Waals surface area contributed by atoms with Gasteiger partial charge in [-0.2, -0.15) is 4.98 Å². The maximum atomic E-state index is 14.6. The molecular formula is C38H51N5O6S. The molecule has 0 saturated heterocycles. The van der Waals surface area contributed by atoms with Gasteiger partial charge in [0, 0.05) is 36.3 Å². The fourth-order valence-electron chi connectivity index (χ4n) is 7.49. The lowest BCUT2D eigenvalue weighted by Crippen LogP contribution is -2.55. The molecule has 1 saturated carbocycles. The quantitative estimate of drug-likeness (QED) is 0.260. The van der Waals surface area contributed by atoms with Crippen LogP contribution in [0.1, 0.15) is 88.7 Å². The second kappa shape index (κ2) is 14.6. The Labute approximate surface area is 296 Å². The minimum absolute atomic E-state index is 0.0476. The van der Waals surface area contributed by atoms with Gasteiger partial charge in [0.2, 0.25) is 11.8 Å². The van der Waals surface area contributed by atoms with Crippen molar-refractivity contribution in [1.29, 1.82) is 0 Å². The summed E-state index contributed by atoms with van der Waals surface area (Å²) in [6.07, 6.45) is 2.36. The number of sulfonamides is 1. The topological polar surface area (TPSA) is 131 Å². The van der Waals surface area contributed by atoms with Crippen molar-refractivity contribution in [3.8, 4) is 17.1 Å². The van der Waals surface area contributed by atoms with Gasteiger partial charge in [0.15, 0.2) is 0 Å². The van der Waals surface area contributed by atoms with Gasteiger partial charge in [-0.05, 0) is 101 Å². The van der Waals surface area contributed by atoms with Crippen LogP contribution in [0.15, 0.2) is 53.4 Å². The van der Waals surface area contributed by atoms with E-state index in [4.69, 9.17) is 9.47 Å². The number of amides is 2. The van der Waals surface area contributed by atoms with Crippen molar-refractivity contribution in [2.24, 2.45) is 11.3 Å². The summed E-state index contributed by atoms with van der Waals surface area (Å²) in [6, 6.07) is 13.2. The zero-order chi connectivity index (χ0) is 36.5. The molecule has 270 valence electrons. The number of nitrogens with zero attached hydrogens (tertiary/aromatic N) is 4. The Bertz CT molecular complexity index is 1820. The van der Waals surface area contributed by atoms with Crippen molar-refractivity contribution in [3.05, 3.63) is 65.2 Å². The summed E-state index contributed by atoms with van der Waals surface area (Å²) >= 11 is 0. The van der Waals surface area contributed by atoms with Gasteiger partial charge < -0.3 is 19.3 Å². The highest BCUT2D eigenvalue weighted by Gasteiger charge is 2.46. The molecule has 1 aliphatic carbocycles. The molecule has 3 aromatic rings. The lowest BCUT2D eigenvalue weighted by Gasteiger charge is -2.51. The molecule has 1 N–H and O–H groups in total. The monoisotopic (exact) mass is 705 g/mol. The number of aromatic nitrogens is 2. The van der Waals surface area contributed by atoms with Crippen LogP contribution < -0.4 is 9.46 Å². The summed E-state index contributed by atoms with van der Waals surface area (Å²) in [6.45, 7) is 16.2. The van der Waals surface area contributed by atoms with Crippen LogP contribution in [0.25, 0.3) is 11.3 Å². The van der Waals surface area contributed by atoms with Gasteiger partial charge >= 0.3 is 6.09 Å². The van der Waals surface area contributed by atoms with E-state index >= 15 is 0 Å². The first-order chi connectivity index (χ1) is 23.5. The predicted molar refractivity (Wildman–Crippen MR) is 194 cm³/mol. The number of rotatable bonds is 8. The molecule has 2 amide bonds. The number of carbonyl (C=O) groups is 2. The van der Waals surface area contributed by atoms with E-state index in [1.165, 1.54) is 12.1 Å². The summed E-state index contributed by atoms with van der Waals surface area (Å²) in [7, 11) is -2.39. The molecule has 0 spiro atoms. The van der Waals surface area contributed by atoms with Crippen LogP contribution in [-0.2, 0) is 14.8 Å². The van der Waals surface area contributed by atoms with Crippen molar-refractivity contribution >= 4 is 28.0 Å². The Morgan fingerprint density at radius 3 is 2.36 bits per heavy atom. The van der Waals surface area contributed by atoms with Crippen molar-refractivity contribution in [1.82, 2.24) is 19.8 Å². The van der Waals surface area contributed by atoms with E-state index in [1.54, 1.807) is 30.1 Å². The summed E-state index contributed by atoms with van der Waals surface area (Å²) < 4.78 is 41.8. The Kier molecular flexibility index (Phi) is 10.8. The number of benzene rings is 2. The first-order valence-corrected chi connectivity index (χ1v) is 18.9. The van der Waals surface area contributed by atoms with Crippen LogP contribution in [0.4, 0.5) is 10.7 Å². The van der Waals surface area contributed by atoms with Crippen molar-refractivity contribution < 1.29 is 27.5 Å². The van der Waals surface area contributed by atoms with Gasteiger partial charge in [-0.25, -0.2) is 22.9 Å². The summed E-state index contributed by atoms with van der Waals surface area (Å²) in [5.74, 6) is 0.0523. The number of carbonyl (C=O) groups excluding carboxylic acids is 2. The molecule has 1 aromatic heterocycles. The van der Waals surface area contributed by atoms with Crippen molar-refractivity contribution in [3.63, 3.8) is 0 Å². The van der Waals surface area contributed by atoms with Gasteiger partial charge in [-0.1, -0.05) is 45.0 Å². The Hall–Kier alpha value is -4.19. The van der Waals surface area contributed by atoms with E-state index in [1.807, 2.05) is 57.7 Å². The number of anilines is 1. The molecule has 0 radical (unpaired) electrons. The highest BCUT2D eigenvalue weighted by atomic mass is 32.2.